The Hall–Kier alpha value is -3.32. The molecule has 0 spiro atoms. The van der Waals surface area contributed by atoms with Gasteiger partial charge in [0.1, 0.15) is 6.10 Å². The van der Waals surface area contributed by atoms with Gasteiger partial charge in [-0.25, -0.2) is 9.97 Å². The molecule has 0 saturated carbocycles. The fourth-order valence-electron chi connectivity index (χ4n) is 4.57. The SMILES string of the molecule is O=C(N[C@@H]1CCc2cccc(-c3cccnc3F)c2C1)c1ccc(OC2CCOCC2)nc1. The quantitative estimate of drug-likeness (QED) is 0.596. The van der Waals surface area contributed by atoms with Crippen molar-refractivity contribution in [2.75, 3.05) is 13.2 Å². The average Bonchev–Trinajstić information content (AvgIpc) is 2.85. The number of fused-ring (bicyclic) bond motifs is 1. The molecule has 5 rings (SSSR count). The number of ether oxygens (including phenoxy) is 2. The van der Waals surface area contributed by atoms with Crippen molar-refractivity contribution in [3.05, 3.63) is 77.5 Å². The first-order valence-electron chi connectivity index (χ1n) is 11.4. The highest BCUT2D eigenvalue weighted by Crippen LogP contribution is 2.32. The Kier molecular flexibility index (Phi) is 6.30. The Morgan fingerprint density at radius 3 is 2.67 bits per heavy atom. The summed E-state index contributed by atoms with van der Waals surface area (Å²) in [6.45, 7) is 1.40. The minimum absolute atomic E-state index is 0.0379. The number of nitrogens with one attached hydrogen (secondary N) is 1. The smallest absolute Gasteiger partial charge is 0.253 e. The van der Waals surface area contributed by atoms with Gasteiger partial charge in [0, 0.05) is 42.9 Å². The van der Waals surface area contributed by atoms with Gasteiger partial charge in [0.25, 0.3) is 5.91 Å². The zero-order valence-corrected chi connectivity index (χ0v) is 18.3. The Balaban J connectivity index is 1.26. The van der Waals surface area contributed by atoms with E-state index in [2.05, 4.69) is 21.4 Å². The van der Waals surface area contributed by atoms with Crippen LogP contribution in [-0.4, -0.2) is 41.2 Å². The van der Waals surface area contributed by atoms with Crippen molar-refractivity contribution in [1.82, 2.24) is 15.3 Å². The largest absolute Gasteiger partial charge is 0.474 e. The normalized spacial score (nSPS) is 18.4. The van der Waals surface area contributed by atoms with E-state index in [4.69, 9.17) is 9.47 Å². The fraction of sp³-hybridized carbons (Fsp3) is 0.346. The lowest BCUT2D eigenvalue weighted by Gasteiger charge is -2.27. The third kappa shape index (κ3) is 4.88. The van der Waals surface area contributed by atoms with Gasteiger partial charge >= 0.3 is 0 Å². The zero-order valence-electron chi connectivity index (χ0n) is 18.3. The number of aromatic nitrogens is 2. The predicted octanol–water partition coefficient (Wildman–Crippen LogP) is 4.13. The first kappa shape index (κ1) is 21.5. The molecule has 0 unspecified atom stereocenters. The highest BCUT2D eigenvalue weighted by Gasteiger charge is 2.24. The van der Waals surface area contributed by atoms with Crippen molar-refractivity contribution in [3.63, 3.8) is 0 Å². The van der Waals surface area contributed by atoms with Gasteiger partial charge in [-0.2, -0.15) is 4.39 Å². The monoisotopic (exact) mass is 447 g/mol. The lowest BCUT2D eigenvalue weighted by atomic mass is 9.83. The molecular formula is C26H26FN3O3. The van der Waals surface area contributed by atoms with Crippen LogP contribution in [0.4, 0.5) is 4.39 Å². The fourth-order valence-corrected chi connectivity index (χ4v) is 4.57. The maximum Gasteiger partial charge on any atom is 0.253 e. The third-order valence-corrected chi connectivity index (χ3v) is 6.32. The van der Waals surface area contributed by atoms with Crippen molar-refractivity contribution in [1.29, 1.82) is 0 Å². The molecule has 1 saturated heterocycles. The highest BCUT2D eigenvalue weighted by molar-refractivity contribution is 5.94. The summed E-state index contributed by atoms with van der Waals surface area (Å²) in [6.07, 6.45) is 7.09. The van der Waals surface area contributed by atoms with Gasteiger partial charge in [0.05, 0.1) is 18.8 Å². The van der Waals surface area contributed by atoms with Crippen LogP contribution in [0.2, 0.25) is 0 Å². The Bertz CT molecular complexity index is 1130. The lowest BCUT2D eigenvalue weighted by molar-refractivity contribution is 0.0237. The van der Waals surface area contributed by atoms with Gasteiger partial charge in [0.2, 0.25) is 11.8 Å². The Morgan fingerprint density at radius 2 is 1.88 bits per heavy atom. The Labute approximate surface area is 192 Å². The van der Waals surface area contributed by atoms with Crippen LogP contribution in [0.1, 0.15) is 40.7 Å². The molecule has 6 nitrogen and oxygen atoms in total. The summed E-state index contributed by atoms with van der Waals surface area (Å²) in [5.74, 6) is -0.127. The van der Waals surface area contributed by atoms with Crippen molar-refractivity contribution in [3.8, 4) is 17.0 Å². The molecule has 0 radical (unpaired) electrons. The molecule has 1 aliphatic heterocycles. The highest BCUT2D eigenvalue weighted by atomic mass is 19.1. The van der Waals surface area contributed by atoms with Crippen LogP contribution in [0.5, 0.6) is 5.88 Å². The molecule has 1 aliphatic carbocycles. The standard InChI is InChI=1S/C26H26FN3O3/c27-25-22(5-2-12-28-25)21-4-1-3-17-6-8-19(15-23(17)21)30-26(31)18-7-9-24(29-16-18)33-20-10-13-32-14-11-20/h1-5,7,9,12,16,19-20H,6,8,10-11,13-15H2,(H,30,31)/t19-/m1/s1. The molecule has 2 aliphatic rings. The van der Waals surface area contributed by atoms with E-state index in [1.807, 2.05) is 12.1 Å². The van der Waals surface area contributed by atoms with Crippen LogP contribution < -0.4 is 10.1 Å². The summed E-state index contributed by atoms with van der Waals surface area (Å²) in [4.78, 5) is 21.0. The number of benzene rings is 1. The molecule has 7 heteroatoms. The Morgan fingerprint density at radius 1 is 1.03 bits per heavy atom. The van der Waals surface area contributed by atoms with Gasteiger partial charge in [0.15, 0.2) is 0 Å². The molecule has 33 heavy (non-hydrogen) atoms. The summed E-state index contributed by atoms with van der Waals surface area (Å²) >= 11 is 0. The molecule has 1 atom stereocenters. The summed E-state index contributed by atoms with van der Waals surface area (Å²) in [5.41, 5.74) is 4.09. The molecule has 3 heterocycles. The minimum atomic E-state index is -0.480. The van der Waals surface area contributed by atoms with E-state index in [9.17, 15) is 9.18 Å². The predicted molar refractivity (Wildman–Crippen MR) is 122 cm³/mol. The van der Waals surface area contributed by atoms with Crippen molar-refractivity contribution in [2.24, 2.45) is 0 Å². The maximum absolute atomic E-state index is 14.4. The van der Waals surface area contributed by atoms with Crippen LogP contribution in [-0.2, 0) is 17.6 Å². The van der Waals surface area contributed by atoms with Crippen LogP contribution in [0.15, 0.2) is 54.9 Å². The van der Waals surface area contributed by atoms with Gasteiger partial charge in [-0.1, -0.05) is 18.2 Å². The van der Waals surface area contributed by atoms with E-state index in [1.165, 1.54) is 11.8 Å². The van der Waals surface area contributed by atoms with E-state index < -0.39 is 5.95 Å². The number of pyridine rings is 2. The maximum atomic E-state index is 14.4. The van der Waals surface area contributed by atoms with E-state index in [-0.39, 0.29) is 18.1 Å². The number of hydrogen-bond donors (Lipinski definition) is 1. The number of hydrogen-bond acceptors (Lipinski definition) is 5. The van der Waals surface area contributed by atoms with Crippen molar-refractivity contribution >= 4 is 5.91 Å². The lowest BCUT2D eigenvalue weighted by Crippen LogP contribution is -2.39. The van der Waals surface area contributed by atoms with Gasteiger partial charge < -0.3 is 14.8 Å². The summed E-state index contributed by atoms with van der Waals surface area (Å²) in [7, 11) is 0. The van der Waals surface area contributed by atoms with Crippen molar-refractivity contribution < 1.29 is 18.7 Å². The van der Waals surface area contributed by atoms with Gasteiger partial charge in [-0.3, -0.25) is 4.79 Å². The first-order valence-corrected chi connectivity index (χ1v) is 11.4. The second-order valence-electron chi connectivity index (χ2n) is 8.51. The molecule has 1 aromatic carbocycles. The first-order chi connectivity index (χ1) is 16.2. The number of carbonyl (C=O) groups is 1. The number of amides is 1. The van der Waals surface area contributed by atoms with E-state index in [0.29, 0.717) is 36.6 Å². The minimum Gasteiger partial charge on any atom is -0.474 e. The summed E-state index contributed by atoms with van der Waals surface area (Å²) in [5, 5.41) is 3.12. The molecule has 2 aromatic heterocycles. The van der Waals surface area contributed by atoms with Crippen LogP contribution >= 0.6 is 0 Å². The number of carbonyl (C=O) groups excluding carboxylic acids is 1. The molecule has 3 aromatic rings. The molecular weight excluding hydrogens is 421 g/mol. The second kappa shape index (κ2) is 9.67. The molecule has 0 bridgehead atoms. The number of rotatable bonds is 5. The molecule has 1 fully saturated rings. The van der Waals surface area contributed by atoms with E-state index in [0.717, 1.165) is 36.8 Å². The number of nitrogens with zero attached hydrogens (tertiary/aromatic N) is 2. The molecule has 1 amide bonds. The summed E-state index contributed by atoms with van der Waals surface area (Å²) < 4.78 is 25.6. The van der Waals surface area contributed by atoms with E-state index in [1.54, 1.807) is 30.5 Å². The summed E-state index contributed by atoms with van der Waals surface area (Å²) in [6, 6.07) is 12.9. The van der Waals surface area contributed by atoms with Crippen LogP contribution in [0.3, 0.4) is 0 Å². The van der Waals surface area contributed by atoms with E-state index >= 15 is 0 Å². The van der Waals surface area contributed by atoms with Crippen molar-refractivity contribution in [2.45, 2.75) is 44.2 Å². The van der Waals surface area contributed by atoms with Gasteiger partial charge in [-0.15, -0.1) is 0 Å². The zero-order chi connectivity index (χ0) is 22.6. The van der Waals surface area contributed by atoms with Gasteiger partial charge in [-0.05, 0) is 54.2 Å². The number of halogens is 1. The van der Waals surface area contributed by atoms with Crippen LogP contribution in [0.25, 0.3) is 11.1 Å². The molecule has 170 valence electrons. The topological polar surface area (TPSA) is 73.3 Å². The molecule has 1 N–H and O–H groups in total. The second-order valence-corrected chi connectivity index (χ2v) is 8.51. The third-order valence-electron chi connectivity index (χ3n) is 6.32. The van der Waals surface area contributed by atoms with Crippen LogP contribution in [0, 0.1) is 5.95 Å². The average molecular weight is 448 g/mol. The number of aryl methyl sites for hydroxylation is 1.